The standard InChI is InChI=1S/C45H52N4O12S/c1-6-28-22-45(28,43(55)48-62(56,57)31-13-14-31)23-36(50)35-20-30(59-38-21-33(26-10-8-7-9-11-26)47-34-19-29(58-5)12-15-32(34)38)25-49(35)42(54)27(18-40(52)61-44(2,3)4)24-46-41(53)37-16-17-39(51)60-37/h6-12,15,19,21,27-28,30-31,35,37H,1,13-14,16-18,20,22-25H2,2-5H3,(H,46,53)(H,48,55)/t27-,28?,30?,35-,37-,45+/m0/s1. The Morgan fingerprint density at radius 3 is 2.44 bits per heavy atom. The van der Waals surface area contributed by atoms with Crippen LogP contribution in [0.5, 0.6) is 11.5 Å². The van der Waals surface area contributed by atoms with Gasteiger partial charge < -0.3 is 29.2 Å². The minimum atomic E-state index is -3.94. The average molecular weight is 873 g/mol. The van der Waals surface area contributed by atoms with Crippen LogP contribution in [-0.4, -0.2) is 103 Å². The highest BCUT2D eigenvalue weighted by Gasteiger charge is 2.61. The fraction of sp³-hybridized carbons (Fsp3) is 0.489. The average Bonchev–Trinajstić information content (AvgIpc) is 4.13. The third kappa shape index (κ3) is 9.93. The van der Waals surface area contributed by atoms with Crippen molar-refractivity contribution in [3.05, 3.63) is 67.3 Å². The lowest BCUT2D eigenvalue weighted by molar-refractivity contribution is -0.159. The van der Waals surface area contributed by atoms with Crippen molar-refractivity contribution in [2.75, 3.05) is 20.2 Å². The Hall–Kier alpha value is -5.84. The number of likely N-dealkylation sites (tertiary alicyclic amines) is 1. The van der Waals surface area contributed by atoms with Gasteiger partial charge in [0.2, 0.25) is 21.8 Å². The van der Waals surface area contributed by atoms with E-state index in [1.54, 1.807) is 52.1 Å². The summed E-state index contributed by atoms with van der Waals surface area (Å²) in [6.07, 6.45) is 0.0478. The number of cyclic esters (lactones) is 1. The van der Waals surface area contributed by atoms with Crippen molar-refractivity contribution in [3.63, 3.8) is 0 Å². The van der Waals surface area contributed by atoms with E-state index in [0.29, 0.717) is 40.9 Å². The number of amides is 3. The zero-order valence-corrected chi connectivity index (χ0v) is 36.0. The van der Waals surface area contributed by atoms with Crippen molar-refractivity contribution in [1.82, 2.24) is 19.9 Å². The molecule has 2 saturated carbocycles. The van der Waals surface area contributed by atoms with E-state index >= 15 is 0 Å². The predicted molar refractivity (Wildman–Crippen MR) is 225 cm³/mol. The van der Waals surface area contributed by atoms with Crippen LogP contribution in [-0.2, 0) is 48.3 Å². The van der Waals surface area contributed by atoms with E-state index < -0.39 is 105 Å². The molecule has 2 N–H and O–H groups in total. The van der Waals surface area contributed by atoms with Crippen molar-refractivity contribution in [2.45, 2.75) is 101 Å². The van der Waals surface area contributed by atoms with E-state index in [0.717, 1.165) is 5.56 Å². The number of hydrogen-bond donors (Lipinski definition) is 2. The number of carbonyl (C=O) groups excluding carboxylic acids is 6. The monoisotopic (exact) mass is 872 g/mol. The zero-order chi connectivity index (χ0) is 44.6. The second kappa shape index (κ2) is 17.5. The number of fused-ring (bicyclic) bond motifs is 1. The molecule has 4 aliphatic rings. The van der Waals surface area contributed by atoms with Gasteiger partial charge in [-0.2, -0.15) is 0 Å². The highest BCUT2D eigenvalue weighted by Crippen LogP contribution is 2.57. The summed E-state index contributed by atoms with van der Waals surface area (Å²) in [6, 6.07) is 15.4. The molecule has 330 valence electrons. The minimum Gasteiger partial charge on any atom is -0.497 e. The van der Waals surface area contributed by atoms with Crippen LogP contribution in [0.15, 0.2) is 67.3 Å². The Labute approximate surface area is 360 Å². The number of sulfonamides is 1. The fourth-order valence-corrected chi connectivity index (χ4v) is 9.58. The lowest BCUT2D eigenvalue weighted by Gasteiger charge is -2.29. The van der Waals surface area contributed by atoms with E-state index in [1.807, 2.05) is 30.3 Å². The van der Waals surface area contributed by atoms with Crippen LogP contribution in [0.2, 0.25) is 0 Å². The molecule has 0 radical (unpaired) electrons. The number of rotatable bonds is 17. The zero-order valence-electron chi connectivity index (χ0n) is 35.2. The second-order valence-electron chi connectivity index (χ2n) is 17.5. The van der Waals surface area contributed by atoms with Crippen molar-refractivity contribution in [3.8, 4) is 22.8 Å². The van der Waals surface area contributed by atoms with E-state index in [4.69, 9.17) is 23.9 Å². The normalized spacial score (nSPS) is 23.8. The molecule has 2 saturated heterocycles. The first-order valence-electron chi connectivity index (χ1n) is 20.8. The first-order valence-corrected chi connectivity index (χ1v) is 22.4. The number of methoxy groups -OCH3 is 1. The number of pyridine rings is 1. The van der Waals surface area contributed by atoms with E-state index in [9.17, 15) is 37.2 Å². The molecule has 2 aliphatic carbocycles. The number of carbonyl (C=O) groups is 6. The summed E-state index contributed by atoms with van der Waals surface area (Å²) in [6.45, 7) is 8.36. The van der Waals surface area contributed by atoms with Crippen molar-refractivity contribution in [2.24, 2.45) is 17.3 Å². The first-order chi connectivity index (χ1) is 29.4. The Morgan fingerprint density at radius 1 is 1.06 bits per heavy atom. The number of Topliss-reactive ketones (excluding diaryl/α,β-unsaturated/α-hetero) is 1. The van der Waals surface area contributed by atoms with Gasteiger partial charge in [0.15, 0.2) is 11.9 Å². The summed E-state index contributed by atoms with van der Waals surface area (Å²) in [5.41, 5.74) is -0.327. The maximum atomic E-state index is 14.8. The van der Waals surface area contributed by atoms with Gasteiger partial charge in [-0.25, -0.2) is 13.4 Å². The summed E-state index contributed by atoms with van der Waals surface area (Å²) in [5, 5.41) is 2.62. The third-order valence-corrected chi connectivity index (χ3v) is 13.5. The summed E-state index contributed by atoms with van der Waals surface area (Å²) in [4.78, 5) is 87.6. The van der Waals surface area contributed by atoms with E-state index in [1.165, 1.54) is 11.0 Å². The number of ketones is 1. The van der Waals surface area contributed by atoms with Crippen LogP contribution in [0.25, 0.3) is 22.2 Å². The van der Waals surface area contributed by atoms with Gasteiger partial charge in [-0.1, -0.05) is 36.4 Å². The van der Waals surface area contributed by atoms with Gasteiger partial charge in [0, 0.05) is 55.3 Å². The summed E-state index contributed by atoms with van der Waals surface area (Å²) < 4.78 is 50.8. The van der Waals surface area contributed by atoms with E-state index in [-0.39, 0.29) is 38.8 Å². The molecule has 2 aromatic carbocycles. The lowest BCUT2D eigenvalue weighted by atomic mass is 9.91. The molecule has 2 aliphatic heterocycles. The highest BCUT2D eigenvalue weighted by molar-refractivity contribution is 7.90. The van der Waals surface area contributed by atoms with Crippen LogP contribution in [0.3, 0.4) is 0 Å². The van der Waals surface area contributed by atoms with Crippen LogP contribution >= 0.6 is 0 Å². The Kier molecular flexibility index (Phi) is 12.5. The van der Waals surface area contributed by atoms with Crippen LogP contribution < -0.4 is 19.5 Å². The molecular formula is C45H52N4O12S. The molecule has 62 heavy (non-hydrogen) atoms. The van der Waals surface area contributed by atoms with Crippen LogP contribution in [0.1, 0.15) is 72.1 Å². The minimum absolute atomic E-state index is 0.0222. The molecule has 16 nitrogen and oxygen atoms in total. The number of nitrogens with one attached hydrogen (secondary N) is 2. The number of ether oxygens (including phenoxy) is 4. The second-order valence-corrected chi connectivity index (χ2v) is 19.5. The molecule has 7 rings (SSSR count). The maximum Gasteiger partial charge on any atom is 0.307 e. The molecule has 17 heteroatoms. The molecule has 3 aromatic rings. The van der Waals surface area contributed by atoms with Crippen molar-refractivity contribution >= 4 is 56.4 Å². The molecule has 0 bridgehead atoms. The fourth-order valence-electron chi connectivity index (χ4n) is 8.19. The van der Waals surface area contributed by atoms with Gasteiger partial charge in [0.25, 0.3) is 5.91 Å². The number of hydrogen-bond acceptors (Lipinski definition) is 13. The number of benzene rings is 2. The van der Waals surface area contributed by atoms with Crippen molar-refractivity contribution < 1.29 is 56.1 Å². The molecule has 6 atom stereocenters. The van der Waals surface area contributed by atoms with Gasteiger partial charge in [0.05, 0.1) is 53.9 Å². The first kappa shape index (κ1) is 44.2. The number of nitrogens with zero attached hydrogens (tertiary/aromatic N) is 2. The Morgan fingerprint density at radius 2 is 1.81 bits per heavy atom. The lowest BCUT2D eigenvalue weighted by Crippen LogP contribution is -2.49. The van der Waals surface area contributed by atoms with Gasteiger partial charge in [0.1, 0.15) is 23.2 Å². The summed E-state index contributed by atoms with van der Waals surface area (Å²) in [5.74, 6) is -4.60. The van der Waals surface area contributed by atoms with Gasteiger partial charge in [-0.05, 0) is 58.1 Å². The smallest absolute Gasteiger partial charge is 0.307 e. The number of aromatic nitrogens is 1. The Balaban J connectivity index is 1.21. The summed E-state index contributed by atoms with van der Waals surface area (Å²) >= 11 is 0. The van der Waals surface area contributed by atoms with Crippen LogP contribution in [0.4, 0.5) is 0 Å². The molecule has 4 fully saturated rings. The SMILES string of the molecule is C=CC1C[C@]1(CC(=O)[C@@H]1CC(Oc2cc(-c3ccccc3)nc3cc(OC)ccc23)CN1C(=O)[C@H](CNC(=O)[C@@H]1CCC(=O)O1)CC(=O)OC(C)(C)C)C(=O)NS(=O)(=O)C1CC1. The number of esters is 2. The molecule has 3 amide bonds. The molecule has 1 aromatic heterocycles. The van der Waals surface area contributed by atoms with Crippen LogP contribution in [0, 0.1) is 17.3 Å². The molecule has 0 spiro atoms. The number of allylic oxidation sites excluding steroid dienone is 1. The molecule has 3 heterocycles. The summed E-state index contributed by atoms with van der Waals surface area (Å²) in [7, 11) is -2.39. The topological polar surface area (TPSA) is 214 Å². The van der Waals surface area contributed by atoms with Gasteiger partial charge in [-0.15, -0.1) is 6.58 Å². The quantitative estimate of drug-likeness (QED) is 0.144. The van der Waals surface area contributed by atoms with Gasteiger partial charge in [-0.3, -0.25) is 33.5 Å². The highest BCUT2D eigenvalue weighted by atomic mass is 32.2. The molecule has 2 unspecified atom stereocenters. The maximum absolute atomic E-state index is 14.8. The molecular weight excluding hydrogens is 821 g/mol. The predicted octanol–water partition coefficient (Wildman–Crippen LogP) is 4.19. The van der Waals surface area contributed by atoms with Crippen molar-refractivity contribution in [1.29, 1.82) is 0 Å². The van der Waals surface area contributed by atoms with Gasteiger partial charge >= 0.3 is 11.9 Å². The Bertz CT molecular complexity index is 2400. The largest absolute Gasteiger partial charge is 0.497 e. The van der Waals surface area contributed by atoms with E-state index in [2.05, 4.69) is 16.6 Å². The third-order valence-electron chi connectivity index (χ3n) is 11.7.